The summed E-state index contributed by atoms with van der Waals surface area (Å²) in [5.74, 6) is 1.21. The van der Waals surface area contributed by atoms with E-state index in [1.54, 1.807) is 0 Å². The number of hydrogen-bond donors (Lipinski definition) is 2. The maximum absolute atomic E-state index is 9.96. The van der Waals surface area contributed by atoms with Gasteiger partial charge in [0.2, 0.25) is 0 Å². The predicted molar refractivity (Wildman–Crippen MR) is 73.1 cm³/mol. The summed E-state index contributed by atoms with van der Waals surface area (Å²) in [6, 6.07) is 8.59. The summed E-state index contributed by atoms with van der Waals surface area (Å²) in [4.78, 5) is 2.50. The average Bonchev–Trinajstić information content (AvgIpc) is 2.92. The van der Waals surface area contributed by atoms with Gasteiger partial charge in [0, 0.05) is 30.7 Å². The van der Waals surface area contributed by atoms with Gasteiger partial charge >= 0.3 is 0 Å². The van der Waals surface area contributed by atoms with E-state index in [4.69, 9.17) is 5.73 Å². The minimum absolute atomic E-state index is 0.0707. The Kier molecular flexibility index (Phi) is 3.04. The molecule has 0 amide bonds. The molecule has 98 valence electrons. The van der Waals surface area contributed by atoms with E-state index in [9.17, 15) is 5.11 Å². The van der Waals surface area contributed by atoms with Crippen molar-refractivity contribution in [2.45, 2.75) is 31.9 Å². The molecule has 1 saturated heterocycles. The summed E-state index contributed by atoms with van der Waals surface area (Å²) in [6.45, 7) is 4.42. The summed E-state index contributed by atoms with van der Waals surface area (Å²) in [6.07, 6.45) is 2.12. The van der Waals surface area contributed by atoms with Crippen molar-refractivity contribution in [3.05, 3.63) is 29.8 Å². The van der Waals surface area contributed by atoms with Gasteiger partial charge in [0.25, 0.3) is 0 Å². The smallest absolute Gasteiger partial charge is 0.0583 e. The van der Waals surface area contributed by atoms with Crippen LogP contribution in [0.15, 0.2) is 24.3 Å². The second kappa shape index (κ2) is 4.56. The molecule has 18 heavy (non-hydrogen) atoms. The molecule has 0 spiro atoms. The highest BCUT2D eigenvalue weighted by Gasteiger charge is 2.42. The van der Waals surface area contributed by atoms with E-state index in [0.29, 0.717) is 17.9 Å². The molecule has 3 nitrogen and oxygen atoms in total. The number of nitrogens with zero attached hydrogens (tertiary/aromatic N) is 1. The van der Waals surface area contributed by atoms with E-state index in [2.05, 4.69) is 24.0 Å². The quantitative estimate of drug-likeness (QED) is 0.785. The Morgan fingerprint density at radius 3 is 2.61 bits per heavy atom. The predicted octanol–water partition coefficient (Wildman–Crippen LogP) is 2.03. The molecule has 1 aromatic carbocycles. The lowest BCUT2D eigenvalue weighted by Crippen LogP contribution is -2.27. The van der Waals surface area contributed by atoms with E-state index < -0.39 is 0 Å². The highest BCUT2D eigenvalue weighted by atomic mass is 16.3. The number of hydrogen-bond acceptors (Lipinski definition) is 3. The zero-order valence-corrected chi connectivity index (χ0v) is 10.9. The van der Waals surface area contributed by atoms with Gasteiger partial charge in [-0.1, -0.05) is 12.1 Å². The first kappa shape index (κ1) is 12.0. The first-order valence-corrected chi connectivity index (χ1v) is 6.92. The Balaban J connectivity index is 1.71. The van der Waals surface area contributed by atoms with Crippen molar-refractivity contribution < 1.29 is 5.11 Å². The molecule has 1 heterocycles. The Morgan fingerprint density at radius 2 is 1.94 bits per heavy atom. The number of benzene rings is 1. The monoisotopic (exact) mass is 246 g/mol. The van der Waals surface area contributed by atoms with Crippen molar-refractivity contribution in [1.29, 1.82) is 0 Å². The lowest BCUT2D eigenvalue weighted by molar-refractivity contribution is 0.119. The van der Waals surface area contributed by atoms with Crippen LogP contribution in [0.4, 0.5) is 5.69 Å². The summed E-state index contributed by atoms with van der Waals surface area (Å²) in [5.41, 5.74) is 7.86. The highest BCUT2D eigenvalue weighted by Crippen LogP contribution is 2.41. The van der Waals surface area contributed by atoms with Gasteiger partial charge in [0.15, 0.2) is 0 Å². The third kappa shape index (κ3) is 2.02. The number of aliphatic hydroxyl groups is 1. The van der Waals surface area contributed by atoms with Crippen molar-refractivity contribution in [3.63, 3.8) is 0 Å². The summed E-state index contributed by atoms with van der Waals surface area (Å²) in [5, 5.41) is 9.96. The molecule has 1 aliphatic carbocycles. The van der Waals surface area contributed by atoms with Gasteiger partial charge in [-0.05, 0) is 43.4 Å². The minimum atomic E-state index is -0.0707. The number of nitrogens with two attached hydrogens (primary N) is 1. The van der Waals surface area contributed by atoms with Gasteiger partial charge in [-0.25, -0.2) is 0 Å². The van der Waals surface area contributed by atoms with Crippen LogP contribution in [0.25, 0.3) is 0 Å². The Labute approximate surface area is 109 Å². The van der Waals surface area contributed by atoms with Crippen LogP contribution < -0.4 is 5.73 Å². The standard InChI is InChI=1S/C15H22N2O/c1-10(11-2-5-13(16)6-3-11)17-8-12-4-7-15(18)14(12)9-17/h2-3,5-6,10,12,14-15,18H,4,7-9,16H2,1H3. The number of aliphatic hydroxyl groups excluding tert-OH is 1. The van der Waals surface area contributed by atoms with E-state index in [1.807, 2.05) is 12.1 Å². The topological polar surface area (TPSA) is 49.5 Å². The van der Waals surface area contributed by atoms with Gasteiger partial charge in [0.1, 0.15) is 0 Å². The van der Waals surface area contributed by atoms with Crippen molar-refractivity contribution in [2.24, 2.45) is 11.8 Å². The Bertz CT molecular complexity index is 417. The van der Waals surface area contributed by atoms with Gasteiger partial charge < -0.3 is 10.8 Å². The highest BCUT2D eigenvalue weighted by molar-refractivity contribution is 5.40. The van der Waals surface area contributed by atoms with Crippen LogP contribution in [0.5, 0.6) is 0 Å². The molecule has 3 rings (SSSR count). The van der Waals surface area contributed by atoms with Crippen molar-refractivity contribution >= 4 is 5.69 Å². The van der Waals surface area contributed by atoms with Crippen LogP contribution >= 0.6 is 0 Å². The number of rotatable bonds is 2. The molecule has 4 atom stereocenters. The average molecular weight is 246 g/mol. The zero-order valence-electron chi connectivity index (χ0n) is 10.9. The number of anilines is 1. The lowest BCUT2D eigenvalue weighted by atomic mass is 10.00. The molecule has 2 aliphatic rings. The number of nitrogen functional groups attached to an aromatic ring is 1. The Hall–Kier alpha value is -1.06. The molecule has 1 aliphatic heterocycles. The van der Waals surface area contributed by atoms with Crippen molar-refractivity contribution in [1.82, 2.24) is 4.90 Å². The van der Waals surface area contributed by atoms with Crippen LogP contribution in [0.3, 0.4) is 0 Å². The van der Waals surface area contributed by atoms with Crippen LogP contribution in [0.1, 0.15) is 31.4 Å². The second-order valence-electron chi connectivity index (χ2n) is 5.87. The van der Waals surface area contributed by atoms with E-state index in [0.717, 1.165) is 25.2 Å². The first-order valence-electron chi connectivity index (χ1n) is 6.92. The largest absolute Gasteiger partial charge is 0.399 e. The van der Waals surface area contributed by atoms with Gasteiger partial charge in [-0.15, -0.1) is 0 Å². The molecule has 0 aromatic heterocycles. The summed E-state index contributed by atoms with van der Waals surface area (Å²) < 4.78 is 0. The fraction of sp³-hybridized carbons (Fsp3) is 0.600. The molecule has 3 heteroatoms. The summed E-state index contributed by atoms with van der Waals surface area (Å²) >= 11 is 0. The third-order valence-electron chi connectivity index (χ3n) is 4.81. The molecule has 4 unspecified atom stereocenters. The Morgan fingerprint density at radius 1 is 1.22 bits per heavy atom. The fourth-order valence-electron chi connectivity index (χ4n) is 3.57. The second-order valence-corrected chi connectivity index (χ2v) is 5.87. The molecule has 1 saturated carbocycles. The maximum atomic E-state index is 9.96. The first-order chi connectivity index (χ1) is 8.65. The number of fused-ring (bicyclic) bond motifs is 1. The number of likely N-dealkylation sites (tertiary alicyclic amines) is 1. The molecule has 1 aromatic rings. The maximum Gasteiger partial charge on any atom is 0.0583 e. The van der Waals surface area contributed by atoms with Gasteiger partial charge in [-0.3, -0.25) is 4.90 Å². The van der Waals surface area contributed by atoms with E-state index >= 15 is 0 Å². The molecular formula is C15H22N2O. The van der Waals surface area contributed by atoms with Gasteiger partial charge in [-0.2, -0.15) is 0 Å². The molecule has 2 fully saturated rings. The van der Waals surface area contributed by atoms with Crippen molar-refractivity contribution in [2.75, 3.05) is 18.8 Å². The third-order valence-corrected chi connectivity index (χ3v) is 4.81. The normalized spacial score (nSPS) is 33.6. The molecule has 0 bridgehead atoms. The minimum Gasteiger partial charge on any atom is -0.399 e. The van der Waals surface area contributed by atoms with Crippen LogP contribution in [0.2, 0.25) is 0 Å². The van der Waals surface area contributed by atoms with E-state index in [-0.39, 0.29) is 6.10 Å². The van der Waals surface area contributed by atoms with Crippen LogP contribution in [-0.2, 0) is 0 Å². The van der Waals surface area contributed by atoms with E-state index in [1.165, 1.54) is 12.0 Å². The summed E-state index contributed by atoms with van der Waals surface area (Å²) in [7, 11) is 0. The van der Waals surface area contributed by atoms with Crippen LogP contribution in [-0.4, -0.2) is 29.2 Å². The fourth-order valence-corrected chi connectivity index (χ4v) is 3.57. The molecule has 3 N–H and O–H groups in total. The molecular weight excluding hydrogens is 224 g/mol. The van der Waals surface area contributed by atoms with Crippen molar-refractivity contribution in [3.8, 4) is 0 Å². The molecule has 0 radical (unpaired) electrons. The lowest BCUT2D eigenvalue weighted by Gasteiger charge is -2.26. The zero-order chi connectivity index (χ0) is 12.7. The van der Waals surface area contributed by atoms with Gasteiger partial charge in [0.05, 0.1) is 6.10 Å². The SMILES string of the molecule is CC(c1ccc(N)cc1)N1CC2CCC(O)C2C1. The van der Waals surface area contributed by atoms with Crippen LogP contribution in [0, 0.1) is 11.8 Å².